The zero-order chi connectivity index (χ0) is 12.4. The van der Waals surface area contributed by atoms with Crippen molar-refractivity contribution in [2.45, 2.75) is 25.3 Å². The van der Waals surface area contributed by atoms with Gasteiger partial charge in [-0.25, -0.2) is 4.98 Å². The van der Waals surface area contributed by atoms with Gasteiger partial charge in [-0.1, -0.05) is 18.3 Å². The fraction of sp³-hybridized carbons (Fsp3) is 0.308. The summed E-state index contributed by atoms with van der Waals surface area (Å²) in [6.45, 7) is 0.729. The molecule has 0 radical (unpaired) electrons. The van der Waals surface area contributed by atoms with Crippen LogP contribution in [-0.4, -0.2) is 15.0 Å². The van der Waals surface area contributed by atoms with Crippen LogP contribution < -0.4 is 5.32 Å². The van der Waals surface area contributed by atoms with Crippen LogP contribution in [0.25, 0.3) is 0 Å². The summed E-state index contributed by atoms with van der Waals surface area (Å²) >= 11 is 5.18. The minimum atomic E-state index is 0.576. The lowest BCUT2D eigenvalue weighted by molar-refractivity contribution is 0.914. The molecule has 0 aliphatic heterocycles. The lowest BCUT2D eigenvalue weighted by atomic mass is 10.3. The predicted octanol–water partition coefficient (Wildman–Crippen LogP) is 3.02. The highest BCUT2D eigenvalue weighted by Gasteiger charge is 2.25. The van der Waals surface area contributed by atoms with Gasteiger partial charge in [-0.15, -0.1) is 0 Å². The van der Waals surface area contributed by atoms with Crippen LogP contribution in [-0.2, 0) is 6.54 Å². The second-order valence-electron chi connectivity index (χ2n) is 4.51. The molecule has 2 aromatic rings. The summed E-state index contributed by atoms with van der Waals surface area (Å²) in [6.07, 6.45) is 6.05. The summed E-state index contributed by atoms with van der Waals surface area (Å²) in [6, 6.07) is 5.83. The van der Waals surface area contributed by atoms with E-state index in [0.29, 0.717) is 10.6 Å². The average molecular weight is 258 g/mol. The molecule has 0 bridgehead atoms. The fourth-order valence-corrected chi connectivity index (χ4v) is 2.04. The van der Waals surface area contributed by atoms with Crippen LogP contribution in [0, 0.1) is 4.64 Å². The average Bonchev–Trinajstić information content (AvgIpc) is 3.21. The van der Waals surface area contributed by atoms with Crippen molar-refractivity contribution in [3.8, 4) is 0 Å². The van der Waals surface area contributed by atoms with Gasteiger partial charge in [-0.2, -0.15) is 0 Å². The van der Waals surface area contributed by atoms with Gasteiger partial charge in [0.15, 0.2) is 0 Å². The van der Waals surface area contributed by atoms with Crippen molar-refractivity contribution < 1.29 is 0 Å². The van der Waals surface area contributed by atoms with Crippen molar-refractivity contribution in [1.82, 2.24) is 15.0 Å². The molecule has 0 unspecified atom stereocenters. The number of H-pyrrole nitrogens is 1. The van der Waals surface area contributed by atoms with E-state index in [9.17, 15) is 0 Å². The number of aromatic nitrogens is 3. The molecule has 1 fully saturated rings. The zero-order valence-electron chi connectivity index (χ0n) is 9.89. The first-order valence-electron chi connectivity index (χ1n) is 6.05. The van der Waals surface area contributed by atoms with Crippen LogP contribution in [0.2, 0.25) is 0 Å². The van der Waals surface area contributed by atoms with E-state index in [1.54, 1.807) is 6.20 Å². The third-order valence-electron chi connectivity index (χ3n) is 2.93. The van der Waals surface area contributed by atoms with Crippen LogP contribution in [0.5, 0.6) is 0 Å². The number of anilines is 1. The molecule has 0 saturated heterocycles. The smallest absolute Gasteiger partial charge is 0.131 e. The minimum absolute atomic E-state index is 0.576. The third-order valence-corrected chi connectivity index (χ3v) is 3.14. The molecule has 2 heterocycles. The molecule has 0 spiro atoms. The lowest BCUT2D eigenvalue weighted by Gasteiger charge is -2.08. The molecule has 1 saturated carbocycles. The van der Waals surface area contributed by atoms with Gasteiger partial charge in [-0.3, -0.25) is 4.98 Å². The quantitative estimate of drug-likeness (QED) is 0.828. The third kappa shape index (κ3) is 2.73. The Bertz CT molecular complexity index is 589. The van der Waals surface area contributed by atoms with E-state index in [0.717, 1.165) is 23.8 Å². The molecule has 2 aromatic heterocycles. The molecule has 1 aliphatic carbocycles. The molecule has 18 heavy (non-hydrogen) atoms. The summed E-state index contributed by atoms with van der Waals surface area (Å²) in [5, 5.41) is 3.32. The Kier molecular flexibility index (Phi) is 3.06. The van der Waals surface area contributed by atoms with E-state index in [-0.39, 0.29) is 0 Å². The van der Waals surface area contributed by atoms with Crippen LogP contribution in [0.3, 0.4) is 0 Å². The second kappa shape index (κ2) is 4.86. The maximum absolute atomic E-state index is 5.18. The maximum Gasteiger partial charge on any atom is 0.131 e. The summed E-state index contributed by atoms with van der Waals surface area (Å²) in [5.74, 6) is 2.52. The Labute approximate surface area is 111 Å². The van der Waals surface area contributed by atoms with Gasteiger partial charge in [0.2, 0.25) is 0 Å². The number of nitrogens with zero attached hydrogens (tertiary/aromatic N) is 2. The van der Waals surface area contributed by atoms with E-state index < -0.39 is 0 Å². The number of hydrogen-bond donors (Lipinski definition) is 2. The van der Waals surface area contributed by atoms with Gasteiger partial charge >= 0.3 is 0 Å². The van der Waals surface area contributed by atoms with Gasteiger partial charge in [0.25, 0.3) is 0 Å². The Hall–Kier alpha value is -1.75. The fourth-order valence-electron chi connectivity index (χ4n) is 1.82. The number of rotatable bonds is 4. The van der Waals surface area contributed by atoms with Crippen molar-refractivity contribution >= 4 is 18.0 Å². The van der Waals surface area contributed by atoms with Gasteiger partial charge in [0, 0.05) is 30.9 Å². The van der Waals surface area contributed by atoms with E-state index >= 15 is 0 Å². The van der Waals surface area contributed by atoms with E-state index in [2.05, 4.69) is 20.3 Å². The molecule has 5 heteroatoms. The van der Waals surface area contributed by atoms with Crippen molar-refractivity contribution in [3.05, 3.63) is 46.6 Å². The van der Waals surface area contributed by atoms with Crippen molar-refractivity contribution in [2.75, 3.05) is 5.32 Å². The monoisotopic (exact) mass is 258 g/mol. The van der Waals surface area contributed by atoms with Crippen molar-refractivity contribution in [1.29, 1.82) is 0 Å². The second-order valence-corrected chi connectivity index (χ2v) is 4.93. The summed E-state index contributed by atoms with van der Waals surface area (Å²) in [7, 11) is 0. The molecule has 0 amide bonds. The number of nitrogens with one attached hydrogen (secondary N) is 2. The zero-order valence-corrected chi connectivity index (χ0v) is 10.7. The number of aromatic amines is 1. The Morgan fingerprint density at radius 1 is 1.44 bits per heavy atom. The van der Waals surface area contributed by atoms with E-state index in [4.69, 9.17) is 12.2 Å². The first kappa shape index (κ1) is 11.3. The van der Waals surface area contributed by atoms with E-state index in [1.807, 2.05) is 24.4 Å². The lowest BCUT2D eigenvalue weighted by Crippen LogP contribution is -2.04. The number of pyridine rings is 1. The molecule has 92 valence electrons. The summed E-state index contributed by atoms with van der Waals surface area (Å²) < 4.78 is 0.643. The molecule has 0 aromatic carbocycles. The predicted molar refractivity (Wildman–Crippen MR) is 73.0 cm³/mol. The highest BCUT2D eigenvalue weighted by atomic mass is 32.1. The van der Waals surface area contributed by atoms with Gasteiger partial charge in [0.05, 0.1) is 0 Å². The topological polar surface area (TPSA) is 53.6 Å². The van der Waals surface area contributed by atoms with Crippen LogP contribution >= 0.6 is 12.2 Å². The van der Waals surface area contributed by atoms with Crippen LogP contribution in [0.1, 0.15) is 30.1 Å². The molecular formula is C13H14N4S. The minimum Gasteiger partial charge on any atom is -0.367 e. The highest BCUT2D eigenvalue weighted by molar-refractivity contribution is 7.71. The Balaban J connectivity index is 1.74. The first-order valence-corrected chi connectivity index (χ1v) is 6.46. The largest absolute Gasteiger partial charge is 0.367 e. The highest BCUT2D eigenvalue weighted by Crippen LogP contribution is 2.38. The molecule has 1 aliphatic rings. The standard InChI is InChI=1S/C13H14N4S/c18-12-6-11(16-13(17-12)10-3-4-10)15-8-9-2-1-5-14-7-9/h1-2,5-7,10H,3-4,8H2,(H2,15,16,17,18). The van der Waals surface area contributed by atoms with Crippen LogP contribution in [0.15, 0.2) is 30.6 Å². The molecule has 2 N–H and O–H groups in total. The molecule has 4 nitrogen and oxygen atoms in total. The SMILES string of the molecule is S=c1cc(NCc2cccnc2)[nH]c(C2CC2)n1. The maximum atomic E-state index is 5.18. The van der Waals surface area contributed by atoms with Gasteiger partial charge in [0.1, 0.15) is 16.3 Å². The molecule has 3 rings (SSSR count). The summed E-state index contributed by atoms with van der Waals surface area (Å²) in [4.78, 5) is 11.8. The molecular weight excluding hydrogens is 244 g/mol. The van der Waals surface area contributed by atoms with Crippen LogP contribution in [0.4, 0.5) is 5.82 Å². The molecule has 0 atom stereocenters. The first-order chi connectivity index (χ1) is 8.81. The van der Waals surface area contributed by atoms with Crippen molar-refractivity contribution in [3.63, 3.8) is 0 Å². The summed E-state index contributed by atoms with van der Waals surface area (Å²) in [5.41, 5.74) is 1.14. The normalized spacial score (nSPS) is 14.4. The van der Waals surface area contributed by atoms with Crippen molar-refractivity contribution in [2.24, 2.45) is 0 Å². The van der Waals surface area contributed by atoms with Gasteiger partial charge < -0.3 is 10.3 Å². The van der Waals surface area contributed by atoms with Gasteiger partial charge in [-0.05, 0) is 24.5 Å². The Morgan fingerprint density at radius 3 is 3.06 bits per heavy atom. The Morgan fingerprint density at radius 2 is 2.33 bits per heavy atom. The van der Waals surface area contributed by atoms with E-state index in [1.165, 1.54) is 12.8 Å². The number of hydrogen-bond acceptors (Lipinski definition) is 4.